The highest BCUT2D eigenvalue weighted by molar-refractivity contribution is 5.74. The summed E-state index contributed by atoms with van der Waals surface area (Å²) in [7, 11) is 1.61. The predicted molar refractivity (Wildman–Crippen MR) is 54.6 cm³/mol. The van der Waals surface area contributed by atoms with Crippen LogP contribution in [-0.4, -0.2) is 52.9 Å². The molecule has 88 valence electrons. The van der Waals surface area contributed by atoms with Crippen molar-refractivity contribution in [2.45, 2.75) is 25.9 Å². The molecule has 0 aliphatic carbocycles. The van der Waals surface area contributed by atoms with Gasteiger partial charge in [-0.2, -0.15) is 0 Å². The lowest BCUT2D eigenvalue weighted by atomic mass is 10.0. The minimum atomic E-state index is -1.42. The number of aliphatic carboxylic acids is 1. The monoisotopic (exact) mass is 218 g/mol. The smallest absolute Gasteiger partial charge is 0.317 e. The molecular formula is C9H18N2O4. The molecule has 0 heterocycles. The molecule has 6 heteroatoms. The SMILES string of the molecule is CCN(C)C(=O)NCC(C)(O)CC(=O)O. The number of hydrogen-bond donors (Lipinski definition) is 3. The van der Waals surface area contributed by atoms with Gasteiger partial charge in [-0.15, -0.1) is 0 Å². The number of aliphatic hydroxyl groups is 1. The maximum atomic E-state index is 11.3. The molecule has 0 bridgehead atoms. The molecule has 1 unspecified atom stereocenters. The van der Waals surface area contributed by atoms with Gasteiger partial charge in [0.25, 0.3) is 0 Å². The Morgan fingerprint density at radius 2 is 2.00 bits per heavy atom. The maximum absolute atomic E-state index is 11.3. The van der Waals surface area contributed by atoms with Crippen LogP contribution < -0.4 is 5.32 Å². The number of urea groups is 1. The number of amides is 2. The van der Waals surface area contributed by atoms with Crippen LogP contribution in [0, 0.1) is 0 Å². The zero-order valence-electron chi connectivity index (χ0n) is 9.28. The molecule has 0 aliphatic rings. The Labute approximate surface area is 88.9 Å². The van der Waals surface area contributed by atoms with E-state index in [0.717, 1.165) is 0 Å². The molecule has 0 radical (unpaired) electrons. The number of hydrogen-bond acceptors (Lipinski definition) is 3. The van der Waals surface area contributed by atoms with Crippen LogP contribution >= 0.6 is 0 Å². The van der Waals surface area contributed by atoms with Crippen LogP contribution in [0.2, 0.25) is 0 Å². The second-order valence-electron chi connectivity index (χ2n) is 3.74. The zero-order chi connectivity index (χ0) is 12.1. The largest absolute Gasteiger partial charge is 0.481 e. The maximum Gasteiger partial charge on any atom is 0.317 e. The summed E-state index contributed by atoms with van der Waals surface area (Å²) in [6, 6.07) is -0.330. The Bertz CT molecular complexity index is 240. The standard InChI is InChI=1S/C9H18N2O4/c1-4-11(3)8(14)10-6-9(2,15)5-7(12)13/h15H,4-6H2,1-3H3,(H,10,14)(H,12,13). The molecule has 6 nitrogen and oxygen atoms in total. The van der Waals surface area contributed by atoms with E-state index in [2.05, 4.69) is 5.32 Å². The lowest BCUT2D eigenvalue weighted by Gasteiger charge is -2.23. The van der Waals surface area contributed by atoms with Gasteiger partial charge in [0.1, 0.15) is 0 Å². The zero-order valence-corrected chi connectivity index (χ0v) is 9.28. The number of carboxylic acid groups (broad SMARTS) is 1. The third-order valence-electron chi connectivity index (χ3n) is 1.97. The van der Waals surface area contributed by atoms with Crippen LogP contribution in [0.4, 0.5) is 4.79 Å². The number of nitrogens with one attached hydrogen (secondary N) is 1. The summed E-state index contributed by atoms with van der Waals surface area (Å²) < 4.78 is 0. The molecule has 2 amide bonds. The van der Waals surface area contributed by atoms with E-state index in [4.69, 9.17) is 5.11 Å². The Kier molecular flexibility index (Phi) is 5.07. The van der Waals surface area contributed by atoms with E-state index in [1.165, 1.54) is 11.8 Å². The van der Waals surface area contributed by atoms with Crippen LogP contribution in [0.5, 0.6) is 0 Å². The van der Waals surface area contributed by atoms with Gasteiger partial charge in [0, 0.05) is 20.1 Å². The fraction of sp³-hybridized carbons (Fsp3) is 0.778. The highest BCUT2D eigenvalue weighted by Gasteiger charge is 2.25. The van der Waals surface area contributed by atoms with Crippen molar-refractivity contribution >= 4 is 12.0 Å². The number of carbonyl (C=O) groups excluding carboxylic acids is 1. The van der Waals surface area contributed by atoms with Gasteiger partial charge in [0.15, 0.2) is 0 Å². The van der Waals surface area contributed by atoms with Gasteiger partial charge in [-0.1, -0.05) is 0 Å². The van der Waals surface area contributed by atoms with E-state index in [0.29, 0.717) is 6.54 Å². The van der Waals surface area contributed by atoms with Crippen molar-refractivity contribution in [2.24, 2.45) is 0 Å². The second-order valence-corrected chi connectivity index (χ2v) is 3.74. The number of rotatable bonds is 5. The molecule has 0 aliphatic heterocycles. The molecule has 0 spiro atoms. The van der Waals surface area contributed by atoms with Gasteiger partial charge >= 0.3 is 12.0 Å². The fourth-order valence-electron chi connectivity index (χ4n) is 0.933. The number of carboxylic acids is 1. The van der Waals surface area contributed by atoms with Crippen molar-refractivity contribution in [1.82, 2.24) is 10.2 Å². The highest BCUT2D eigenvalue weighted by Crippen LogP contribution is 2.07. The molecule has 0 aromatic carbocycles. The first-order valence-electron chi connectivity index (χ1n) is 4.71. The molecule has 0 fully saturated rings. The second kappa shape index (κ2) is 5.55. The lowest BCUT2D eigenvalue weighted by molar-refractivity contribution is -0.141. The average Bonchev–Trinajstić information content (AvgIpc) is 2.11. The predicted octanol–water partition coefficient (Wildman–Crippen LogP) is -0.127. The van der Waals surface area contributed by atoms with Crippen LogP contribution in [0.1, 0.15) is 20.3 Å². The van der Waals surface area contributed by atoms with Crippen molar-refractivity contribution < 1.29 is 19.8 Å². The summed E-state index contributed by atoms with van der Waals surface area (Å²) in [5, 5.41) is 20.5. The van der Waals surface area contributed by atoms with Gasteiger partial charge in [0.2, 0.25) is 0 Å². The summed E-state index contributed by atoms with van der Waals surface area (Å²) in [5.74, 6) is -1.10. The van der Waals surface area contributed by atoms with E-state index >= 15 is 0 Å². The van der Waals surface area contributed by atoms with E-state index in [1.54, 1.807) is 7.05 Å². The molecule has 15 heavy (non-hydrogen) atoms. The molecule has 0 saturated heterocycles. The fourth-order valence-corrected chi connectivity index (χ4v) is 0.933. The number of nitrogens with zero attached hydrogens (tertiary/aromatic N) is 1. The minimum absolute atomic E-state index is 0.0809. The third-order valence-corrected chi connectivity index (χ3v) is 1.97. The van der Waals surface area contributed by atoms with Gasteiger partial charge < -0.3 is 20.4 Å². The Balaban J connectivity index is 4.03. The quantitative estimate of drug-likeness (QED) is 0.599. The van der Waals surface area contributed by atoms with Crippen molar-refractivity contribution in [2.75, 3.05) is 20.1 Å². The van der Waals surface area contributed by atoms with Crippen LogP contribution in [0.25, 0.3) is 0 Å². The van der Waals surface area contributed by atoms with Crippen molar-refractivity contribution in [3.05, 3.63) is 0 Å². The summed E-state index contributed by atoms with van der Waals surface area (Å²) in [6.45, 7) is 3.65. The number of carbonyl (C=O) groups is 2. The highest BCUT2D eigenvalue weighted by atomic mass is 16.4. The minimum Gasteiger partial charge on any atom is -0.481 e. The molecule has 0 aromatic heterocycles. The summed E-state index contributed by atoms with van der Waals surface area (Å²) >= 11 is 0. The molecular weight excluding hydrogens is 200 g/mol. The Hall–Kier alpha value is -1.30. The first kappa shape index (κ1) is 13.7. The van der Waals surface area contributed by atoms with Crippen LogP contribution in [0.15, 0.2) is 0 Å². The molecule has 0 aromatic rings. The summed E-state index contributed by atoms with van der Waals surface area (Å²) in [4.78, 5) is 23.1. The van der Waals surface area contributed by atoms with Crippen LogP contribution in [-0.2, 0) is 4.79 Å². The van der Waals surface area contributed by atoms with Gasteiger partial charge in [-0.05, 0) is 13.8 Å². The molecule has 3 N–H and O–H groups in total. The normalized spacial score (nSPS) is 14.1. The first-order valence-corrected chi connectivity index (χ1v) is 4.71. The molecule has 1 atom stereocenters. The van der Waals surface area contributed by atoms with Crippen molar-refractivity contribution in [1.29, 1.82) is 0 Å². The topological polar surface area (TPSA) is 89.9 Å². The van der Waals surface area contributed by atoms with Gasteiger partial charge in [-0.3, -0.25) is 4.79 Å². The first-order chi connectivity index (χ1) is 6.78. The van der Waals surface area contributed by atoms with Crippen molar-refractivity contribution in [3.8, 4) is 0 Å². The Morgan fingerprint density at radius 1 is 1.47 bits per heavy atom. The van der Waals surface area contributed by atoms with E-state index in [9.17, 15) is 14.7 Å². The average molecular weight is 218 g/mol. The van der Waals surface area contributed by atoms with E-state index in [-0.39, 0.29) is 12.6 Å². The summed E-state index contributed by atoms with van der Waals surface area (Å²) in [6.07, 6.45) is -0.400. The van der Waals surface area contributed by atoms with Gasteiger partial charge in [-0.25, -0.2) is 4.79 Å². The van der Waals surface area contributed by atoms with E-state index in [1.807, 2.05) is 6.92 Å². The third kappa shape index (κ3) is 5.90. The van der Waals surface area contributed by atoms with Crippen LogP contribution in [0.3, 0.4) is 0 Å². The molecule has 0 saturated carbocycles. The molecule has 0 rings (SSSR count). The van der Waals surface area contributed by atoms with Crippen molar-refractivity contribution in [3.63, 3.8) is 0 Å². The Morgan fingerprint density at radius 3 is 2.40 bits per heavy atom. The summed E-state index contributed by atoms with van der Waals surface area (Å²) in [5.41, 5.74) is -1.42. The lowest BCUT2D eigenvalue weighted by Crippen LogP contribution is -2.46. The van der Waals surface area contributed by atoms with E-state index < -0.39 is 18.0 Å². The van der Waals surface area contributed by atoms with Gasteiger partial charge in [0.05, 0.1) is 12.0 Å².